The number of carbonyl (C=O) groups excluding carboxylic acids is 2. The lowest BCUT2D eigenvalue weighted by Crippen LogP contribution is -2.28. The molecule has 0 spiro atoms. The van der Waals surface area contributed by atoms with Crippen LogP contribution in [-0.2, 0) is 9.59 Å². The molecule has 4 rings (SSSR count). The van der Waals surface area contributed by atoms with E-state index in [1.807, 2.05) is 92.7 Å². The Bertz CT molecular complexity index is 1120. The fraction of sp³-hybridized carbons (Fsp3) is 0.259. The summed E-state index contributed by atoms with van der Waals surface area (Å²) >= 11 is 1.58. The SMILES string of the molecule is CCOc1ccccc1N1C(=O)CSC1c1cccc(NC(=O)C(CC)c2ccccc2)c1. The monoisotopic (exact) mass is 460 g/mol. The minimum absolute atomic E-state index is 0.0328. The van der Waals surface area contributed by atoms with E-state index >= 15 is 0 Å². The van der Waals surface area contributed by atoms with Crippen molar-refractivity contribution in [3.8, 4) is 5.75 Å². The van der Waals surface area contributed by atoms with Gasteiger partial charge >= 0.3 is 0 Å². The molecule has 6 heteroatoms. The van der Waals surface area contributed by atoms with Gasteiger partial charge in [0, 0.05) is 5.69 Å². The first-order valence-corrected chi connectivity index (χ1v) is 12.3. The van der Waals surface area contributed by atoms with Crippen LogP contribution in [0.15, 0.2) is 78.9 Å². The van der Waals surface area contributed by atoms with E-state index in [-0.39, 0.29) is 23.1 Å². The van der Waals surface area contributed by atoms with Crippen LogP contribution < -0.4 is 15.0 Å². The largest absolute Gasteiger partial charge is 0.492 e. The molecule has 1 fully saturated rings. The third-order valence-electron chi connectivity index (χ3n) is 5.66. The topological polar surface area (TPSA) is 58.6 Å². The molecule has 2 atom stereocenters. The summed E-state index contributed by atoms with van der Waals surface area (Å²) in [6, 6.07) is 25.2. The number of hydrogen-bond acceptors (Lipinski definition) is 4. The highest BCUT2D eigenvalue weighted by molar-refractivity contribution is 8.00. The zero-order chi connectivity index (χ0) is 23.2. The number of ether oxygens (including phenoxy) is 1. The molecule has 5 nitrogen and oxygen atoms in total. The van der Waals surface area contributed by atoms with E-state index in [0.717, 1.165) is 22.5 Å². The molecule has 0 aromatic heterocycles. The van der Waals surface area contributed by atoms with E-state index in [0.29, 0.717) is 24.5 Å². The molecule has 0 bridgehead atoms. The molecule has 1 heterocycles. The molecule has 2 unspecified atom stereocenters. The van der Waals surface area contributed by atoms with Crippen LogP contribution in [0.4, 0.5) is 11.4 Å². The van der Waals surface area contributed by atoms with Crippen molar-refractivity contribution in [1.82, 2.24) is 0 Å². The fourth-order valence-electron chi connectivity index (χ4n) is 4.12. The van der Waals surface area contributed by atoms with Crippen LogP contribution >= 0.6 is 11.8 Å². The van der Waals surface area contributed by atoms with Crippen molar-refractivity contribution in [2.45, 2.75) is 31.6 Å². The second kappa shape index (κ2) is 10.6. The van der Waals surface area contributed by atoms with E-state index in [9.17, 15) is 9.59 Å². The first-order valence-electron chi connectivity index (χ1n) is 11.2. The van der Waals surface area contributed by atoms with Gasteiger partial charge in [-0.05, 0) is 48.7 Å². The minimum atomic E-state index is -0.216. The number of anilines is 2. The first kappa shape index (κ1) is 22.9. The van der Waals surface area contributed by atoms with Gasteiger partial charge in [0.1, 0.15) is 11.1 Å². The normalized spacial score (nSPS) is 16.5. The lowest BCUT2D eigenvalue weighted by atomic mass is 9.95. The van der Waals surface area contributed by atoms with Crippen molar-refractivity contribution in [2.24, 2.45) is 0 Å². The Kier molecular flexibility index (Phi) is 7.35. The van der Waals surface area contributed by atoms with Crippen molar-refractivity contribution in [1.29, 1.82) is 0 Å². The van der Waals surface area contributed by atoms with Gasteiger partial charge in [-0.2, -0.15) is 0 Å². The second-order valence-electron chi connectivity index (χ2n) is 7.81. The molecule has 1 N–H and O–H groups in total. The molecule has 0 aliphatic carbocycles. The molecule has 3 aromatic rings. The maximum atomic E-state index is 13.0. The smallest absolute Gasteiger partial charge is 0.238 e. The summed E-state index contributed by atoms with van der Waals surface area (Å²) in [6.07, 6.45) is 0.713. The number of thioether (sulfide) groups is 1. The highest BCUT2D eigenvalue weighted by atomic mass is 32.2. The highest BCUT2D eigenvalue weighted by Gasteiger charge is 2.35. The Morgan fingerprint density at radius 1 is 1.06 bits per heavy atom. The van der Waals surface area contributed by atoms with Gasteiger partial charge in [0.25, 0.3) is 0 Å². The summed E-state index contributed by atoms with van der Waals surface area (Å²) in [4.78, 5) is 27.7. The average Bonchev–Trinajstić information content (AvgIpc) is 3.22. The number of para-hydroxylation sites is 2. The van der Waals surface area contributed by atoms with Crippen LogP contribution in [-0.4, -0.2) is 24.2 Å². The summed E-state index contributed by atoms with van der Waals surface area (Å²) < 4.78 is 5.78. The Morgan fingerprint density at radius 2 is 1.82 bits per heavy atom. The van der Waals surface area contributed by atoms with E-state index in [4.69, 9.17) is 4.74 Å². The van der Waals surface area contributed by atoms with E-state index < -0.39 is 0 Å². The molecule has 2 amide bonds. The third-order valence-corrected chi connectivity index (χ3v) is 6.87. The molecular formula is C27H28N2O3S. The fourth-order valence-corrected chi connectivity index (χ4v) is 5.28. The Balaban J connectivity index is 1.58. The Labute approximate surface area is 199 Å². The van der Waals surface area contributed by atoms with Crippen molar-refractivity contribution in [2.75, 3.05) is 22.6 Å². The van der Waals surface area contributed by atoms with Crippen LogP contribution in [0.1, 0.15) is 42.7 Å². The van der Waals surface area contributed by atoms with Gasteiger partial charge in [0.05, 0.1) is 24.0 Å². The maximum Gasteiger partial charge on any atom is 0.238 e. The van der Waals surface area contributed by atoms with Gasteiger partial charge in [-0.1, -0.05) is 61.5 Å². The number of nitrogens with zero attached hydrogens (tertiary/aromatic N) is 1. The van der Waals surface area contributed by atoms with Crippen molar-refractivity contribution in [3.05, 3.63) is 90.0 Å². The maximum absolute atomic E-state index is 13.0. The molecule has 170 valence electrons. The van der Waals surface area contributed by atoms with Crippen LogP contribution in [0.5, 0.6) is 5.75 Å². The van der Waals surface area contributed by atoms with Crippen molar-refractivity contribution in [3.63, 3.8) is 0 Å². The molecule has 1 aliphatic heterocycles. The lowest BCUT2D eigenvalue weighted by Gasteiger charge is -2.26. The second-order valence-corrected chi connectivity index (χ2v) is 8.88. The van der Waals surface area contributed by atoms with E-state index in [2.05, 4.69) is 5.32 Å². The first-order chi connectivity index (χ1) is 16.1. The molecule has 0 saturated carbocycles. The Hall–Kier alpha value is -3.25. The summed E-state index contributed by atoms with van der Waals surface area (Å²) in [7, 11) is 0. The van der Waals surface area contributed by atoms with E-state index in [1.54, 1.807) is 16.7 Å². The predicted octanol–water partition coefficient (Wildman–Crippen LogP) is 6.00. The van der Waals surface area contributed by atoms with Crippen LogP contribution in [0.2, 0.25) is 0 Å². The van der Waals surface area contributed by atoms with Crippen LogP contribution in [0.3, 0.4) is 0 Å². The third kappa shape index (κ3) is 5.06. The highest BCUT2D eigenvalue weighted by Crippen LogP contribution is 2.45. The number of nitrogens with one attached hydrogen (secondary N) is 1. The zero-order valence-electron chi connectivity index (χ0n) is 18.9. The summed E-state index contributed by atoms with van der Waals surface area (Å²) in [6.45, 7) is 4.47. The molecule has 1 saturated heterocycles. The van der Waals surface area contributed by atoms with Crippen molar-refractivity contribution >= 4 is 35.0 Å². The van der Waals surface area contributed by atoms with Gasteiger partial charge < -0.3 is 10.1 Å². The van der Waals surface area contributed by atoms with Crippen LogP contribution in [0, 0.1) is 0 Å². The standard InChI is InChI=1S/C27H28N2O3S/c1-3-22(19-11-6-5-7-12-19)26(31)28-21-14-10-13-20(17-21)27-29(25(30)18-33-27)23-15-8-9-16-24(23)32-4-2/h5-17,22,27H,3-4,18H2,1-2H3,(H,28,31). The lowest BCUT2D eigenvalue weighted by molar-refractivity contribution is -0.118. The predicted molar refractivity (Wildman–Crippen MR) is 135 cm³/mol. The van der Waals surface area contributed by atoms with Gasteiger partial charge in [-0.3, -0.25) is 14.5 Å². The molecule has 1 aliphatic rings. The van der Waals surface area contributed by atoms with Crippen LogP contribution in [0.25, 0.3) is 0 Å². The molecule has 33 heavy (non-hydrogen) atoms. The van der Waals surface area contributed by atoms with Gasteiger partial charge in [0.2, 0.25) is 11.8 Å². The molecule has 0 radical (unpaired) electrons. The number of rotatable bonds is 8. The number of benzene rings is 3. The summed E-state index contributed by atoms with van der Waals surface area (Å²) in [5.74, 6) is 0.884. The zero-order valence-corrected chi connectivity index (χ0v) is 19.7. The quantitative estimate of drug-likeness (QED) is 0.448. The molecule has 3 aromatic carbocycles. The average molecular weight is 461 g/mol. The molecular weight excluding hydrogens is 432 g/mol. The van der Waals surface area contributed by atoms with Gasteiger partial charge in [-0.15, -0.1) is 11.8 Å². The number of hydrogen-bond donors (Lipinski definition) is 1. The van der Waals surface area contributed by atoms with Crippen molar-refractivity contribution < 1.29 is 14.3 Å². The summed E-state index contributed by atoms with van der Waals surface area (Å²) in [5, 5.41) is 2.89. The summed E-state index contributed by atoms with van der Waals surface area (Å²) in [5.41, 5.74) is 3.46. The van der Waals surface area contributed by atoms with Gasteiger partial charge in [0.15, 0.2) is 0 Å². The number of carbonyl (C=O) groups is 2. The van der Waals surface area contributed by atoms with E-state index in [1.165, 1.54) is 0 Å². The minimum Gasteiger partial charge on any atom is -0.492 e. The number of amides is 2. The Morgan fingerprint density at radius 3 is 2.58 bits per heavy atom. The van der Waals surface area contributed by atoms with Gasteiger partial charge in [-0.25, -0.2) is 0 Å².